The molecule has 4 aromatic rings. The van der Waals surface area contributed by atoms with Crippen LogP contribution in [0.4, 0.5) is 5.95 Å². The molecule has 2 aromatic heterocycles. The van der Waals surface area contributed by atoms with Crippen LogP contribution < -0.4 is 5.32 Å². The number of hydrogen-bond acceptors (Lipinski definition) is 6. The summed E-state index contributed by atoms with van der Waals surface area (Å²) in [4.78, 5) is 28.9. The van der Waals surface area contributed by atoms with Crippen molar-refractivity contribution in [2.75, 3.05) is 12.4 Å². The van der Waals surface area contributed by atoms with Gasteiger partial charge < -0.3 is 4.74 Å². The molecule has 0 aliphatic heterocycles. The Morgan fingerprint density at radius 3 is 2.61 bits per heavy atom. The zero-order chi connectivity index (χ0) is 22.0. The quantitative estimate of drug-likeness (QED) is 0.370. The number of fused-ring (bicyclic) bond motifs is 1. The molecule has 7 nitrogen and oxygen atoms in total. The van der Waals surface area contributed by atoms with Gasteiger partial charge in [0.15, 0.2) is 0 Å². The maximum atomic E-state index is 12.3. The lowest BCUT2D eigenvalue weighted by Crippen LogP contribution is -2.09. The average molecular weight is 433 g/mol. The standard InChI is InChI=1S/C23H20N4O3S/c1-14-4-10-18(15(2)12-14)19-13-31-23-25-22(26-27(19)23)24-20(28)11-7-16-5-8-17(9-6-16)21(29)30-3/h4-13H,1-3H3,(H,24,26,28)/b11-7+. The Morgan fingerprint density at radius 1 is 1.13 bits per heavy atom. The van der Waals surface area contributed by atoms with Gasteiger partial charge in [0.05, 0.1) is 18.4 Å². The van der Waals surface area contributed by atoms with E-state index in [1.54, 1.807) is 34.9 Å². The molecule has 1 amide bonds. The van der Waals surface area contributed by atoms with E-state index in [1.165, 1.54) is 30.1 Å². The van der Waals surface area contributed by atoms with E-state index in [0.29, 0.717) is 10.5 Å². The van der Waals surface area contributed by atoms with Crippen LogP contribution in [0.15, 0.2) is 53.9 Å². The highest BCUT2D eigenvalue weighted by Crippen LogP contribution is 2.28. The van der Waals surface area contributed by atoms with Crippen molar-refractivity contribution in [1.29, 1.82) is 0 Å². The molecule has 31 heavy (non-hydrogen) atoms. The molecule has 2 aromatic carbocycles. The van der Waals surface area contributed by atoms with E-state index in [2.05, 4.69) is 52.2 Å². The number of rotatable bonds is 5. The Hall–Kier alpha value is -3.78. The first-order chi connectivity index (χ1) is 14.9. The van der Waals surface area contributed by atoms with E-state index < -0.39 is 5.97 Å². The topological polar surface area (TPSA) is 85.6 Å². The number of hydrogen-bond donors (Lipinski definition) is 1. The van der Waals surface area contributed by atoms with Gasteiger partial charge in [-0.3, -0.25) is 10.1 Å². The van der Waals surface area contributed by atoms with E-state index in [1.807, 2.05) is 5.38 Å². The Bertz CT molecular complexity index is 1300. The number of nitrogens with zero attached hydrogens (tertiary/aromatic N) is 3. The van der Waals surface area contributed by atoms with Crippen LogP contribution in [-0.2, 0) is 9.53 Å². The van der Waals surface area contributed by atoms with E-state index in [0.717, 1.165) is 22.4 Å². The summed E-state index contributed by atoms with van der Waals surface area (Å²) >= 11 is 1.47. The van der Waals surface area contributed by atoms with E-state index in [4.69, 9.17) is 0 Å². The van der Waals surface area contributed by atoms with Gasteiger partial charge in [0.1, 0.15) is 0 Å². The van der Waals surface area contributed by atoms with Crippen LogP contribution in [0.5, 0.6) is 0 Å². The minimum atomic E-state index is -0.403. The number of carbonyl (C=O) groups excluding carboxylic acids is 2. The summed E-state index contributed by atoms with van der Waals surface area (Å²) in [5.41, 5.74) is 5.60. The number of aryl methyl sites for hydroxylation is 2. The number of anilines is 1. The third kappa shape index (κ3) is 4.39. The average Bonchev–Trinajstić information content (AvgIpc) is 3.32. The zero-order valence-electron chi connectivity index (χ0n) is 17.2. The summed E-state index contributed by atoms with van der Waals surface area (Å²) in [6.45, 7) is 4.12. The number of nitrogens with one attached hydrogen (secondary N) is 1. The van der Waals surface area contributed by atoms with Crippen LogP contribution in [0.2, 0.25) is 0 Å². The predicted octanol–water partition coefficient (Wildman–Crippen LogP) is 4.51. The Labute approximate surface area is 183 Å². The van der Waals surface area contributed by atoms with E-state index >= 15 is 0 Å². The highest BCUT2D eigenvalue weighted by molar-refractivity contribution is 7.15. The summed E-state index contributed by atoms with van der Waals surface area (Å²) < 4.78 is 6.41. The van der Waals surface area contributed by atoms with E-state index in [-0.39, 0.29) is 11.9 Å². The molecule has 0 fully saturated rings. The van der Waals surface area contributed by atoms with Gasteiger partial charge >= 0.3 is 5.97 Å². The van der Waals surface area contributed by atoms with Gasteiger partial charge in [0.25, 0.3) is 11.9 Å². The van der Waals surface area contributed by atoms with Crippen molar-refractivity contribution < 1.29 is 14.3 Å². The van der Waals surface area contributed by atoms with Crippen LogP contribution in [-0.4, -0.2) is 33.6 Å². The van der Waals surface area contributed by atoms with Crippen molar-refractivity contribution in [2.45, 2.75) is 13.8 Å². The number of ether oxygens (including phenoxy) is 1. The molecule has 1 N–H and O–H groups in total. The molecule has 0 saturated heterocycles. The van der Waals surface area contributed by atoms with Crippen molar-refractivity contribution in [3.8, 4) is 11.3 Å². The monoisotopic (exact) mass is 432 g/mol. The first-order valence-electron chi connectivity index (χ1n) is 9.54. The Morgan fingerprint density at radius 2 is 1.90 bits per heavy atom. The van der Waals surface area contributed by atoms with Gasteiger partial charge in [-0.15, -0.1) is 16.4 Å². The van der Waals surface area contributed by atoms with Crippen molar-refractivity contribution in [3.05, 3.63) is 76.2 Å². The molecular formula is C23H20N4O3S. The van der Waals surface area contributed by atoms with Gasteiger partial charge in [-0.05, 0) is 43.2 Å². The van der Waals surface area contributed by atoms with Crippen molar-refractivity contribution in [1.82, 2.24) is 14.6 Å². The SMILES string of the molecule is COC(=O)c1ccc(/C=C/C(=O)Nc2nc3scc(-c4ccc(C)cc4C)n3n2)cc1. The summed E-state index contributed by atoms with van der Waals surface area (Å²) in [6.07, 6.45) is 3.04. The lowest BCUT2D eigenvalue weighted by atomic mass is 10.0. The second-order valence-electron chi connectivity index (χ2n) is 7.01. The number of methoxy groups -OCH3 is 1. The molecule has 0 saturated carbocycles. The molecule has 4 rings (SSSR count). The third-order valence-electron chi connectivity index (χ3n) is 4.73. The largest absolute Gasteiger partial charge is 0.465 e. The lowest BCUT2D eigenvalue weighted by Gasteiger charge is -2.05. The van der Waals surface area contributed by atoms with Gasteiger partial charge in [0.2, 0.25) is 4.96 Å². The molecule has 0 atom stereocenters. The van der Waals surface area contributed by atoms with Crippen LogP contribution in [0, 0.1) is 13.8 Å². The molecule has 0 radical (unpaired) electrons. The van der Waals surface area contributed by atoms with Crippen LogP contribution in [0.3, 0.4) is 0 Å². The number of esters is 1. The smallest absolute Gasteiger partial charge is 0.337 e. The molecular weight excluding hydrogens is 412 g/mol. The fourth-order valence-electron chi connectivity index (χ4n) is 3.19. The molecule has 0 aliphatic rings. The molecule has 0 unspecified atom stereocenters. The zero-order valence-corrected chi connectivity index (χ0v) is 18.1. The molecule has 0 aliphatic carbocycles. The minimum absolute atomic E-state index is 0.244. The first-order valence-corrected chi connectivity index (χ1v) is 10.4. The number of carbonyl (C=O) groups is 2. The number of aromatic nitrogens is 3. The maximum Gasteiger partial charge on any atom is 0.337 e. The molecule has 0 spiro atoms. The second-order valence-corrected chi connectivity index (χ2v) is 7.84. The van der Waals surface area contributed by atoms with Crippen LogP contribution in [0.1, 0.15) is 27.0 Å². The normalized spacial score (nSPS) is 11.2. The summed E-state index contributed by atoms with van der Waals surface area (Å²) in [5.74, 6) is -0.504. The fraction of sp³-hybridized carbons (Fsp3) is 0.130. The third-order valence-corrected chi connectivity index (χ3v) is 5.55. The highest BCUT2D eigenvalue weighted by atomic mass is 32.1. The maximum absolute atomic E-state index is 12.3. The predicted molar refractivity (Wildman–Crippen MR) is 121 cm³/mol. The van der Waals surface area contributed by atoms with Crippen LogP contribution in [0.25, 0.3) is 22.3 Å². The summed E-state index contributed by atoms with van der Waals surface area (Å²) in [6, 6.07) is 13.0. The second kappa shape index (κ2) is 8.53. The minimum Gasteiger partial charge on any atom is -0.465 e. The number of thiazole rings is 1. The Balaban J connectivity index is 1.48. The molecule has 8 heteroatoms. The van der Waals surface area contributed by atoms with Crippen LogP contribution >= 0.6 is 11.3 Å². The van der Waals surface area contributed by atoms with E-state index in [9.17, 15) is 9.59 Å². The number of benzene rings is 2. The van der Waals surface area contributed by atoms with Crippen molar-refractivity contribution >= 4 is 40.2 Å². The van der Waals surface area contributed by atoms with Crippen molar-refractivity contribution in [2.24, 2.45) is 0 Å². The number of amides is 1. The molecule has 2 heterocycles. The van der Waals surface area contributed by atoms with Crippen molar-refractivity contribution in [3.63, 3.8) is 0 Å². The Kier molecular flexibility index (Phi) is 5.64. The van der Waals surface area contributed by atoms with Gasteiger partial charge in [0, 0.05) is 17.0 Å². The fourth-order valence-corrected chi connectivity index (χ4v) is 4.01. The molecule has 156 valence electrons. The lowest BCUT2D eigenvalue weighted by molar-refractivity contribution is -0.111. The van der Waals surface area contributed by atoms with Gasteiger partial charge in [-0.25, -0.2) is 9.31 Å². The molecule has 0 bridgehead atoms. The highest BCUT2D eigenvalue weighted by Gasteiger charge is 2.14. The van der Waals surface area contributed by atoms with Gasteiger partial charge in [-0.2, -0.15) is 4.98 Å². The van der Waals surface area contributed by atoms with Gasteiger partial charge in [-0.1, -0.05) is 35.9 Å². The summed E-state index contributed by atoms with van der Waals surface area (Å²) in [7, 11) is 1.33. The first kappa shape index (κ1) is 20.5. The summed E-state index contributed by atoms with van der Waals surface area (Å²) in [5, 5.41) is 9.15.